The zero-order valence-corrected chi connectivity index (χ0v) is 18.8. The van der Waals surface area contributed by atoms with Crippen molar-refractivity contribution < 1.29 is 13.2 Å². The molecule has 162 valence electrons. The second-order valence-corrected chi connectivity index (χ2v) is 9.91. The number of pyridine rings is 1. The summed E-state index contributed by atoms with van der Waals surface area (Å²) in [6, 6.07) is 6.65. The van der Waals surface area contributed by atoms with E-state index in [0.717, 1.165) is 10.9 Å². The highest BCUT2D eigenvalue weighted by atomic mass is 32.2. The number of nitrogens with one attached hydrogen (secondary N) is 1. The van der Waals surface area contributed by atoms with Gasteiger partial charge in [-0.05, 0) is 35.2 Å². The number of aryl methyl sites for hydroxylation is 1. The van der Waals surface area contributed by atoms with E-state index in [4.69, 9.17) is 4.74 Å². The van der Waals surface area contributed by atoms with E-state index in [1.165, 1.54) is 19.4 Å². The molecule has 0 aliphatic heterocycles. The lowest BCUT2D eigenvalue weighted by molar-refractivity contribution is 0.417. The molecule has 3 heterocycles. The lowest BCUT2D eigenvalue weighted by Gasteiger charge is -2.15. The minimum atomic E-state index is -3.91. The molecule has 31 heavy (non-hydrogen) atoms. The van der Waals surface area contributed by atoms with Gasteiger partial charge in [-0.25, -0.2) is 18.1 Å². The van der Waals surface area contributed by atoms with E-state index in [-0.39, 0.29) is 10.3 Å². The first-order chi connectivity index (χ1) is 14.6. The Labute approximate surface area is 180 Å². The molecule has 4 aromatic rings. The summed E-state index contributed by atoms with van der Waals surface area (Å²) in [7, 11) is -0.683. The summed E-state index contributed by atoms with van der Waals surface area (Å²) in [6.45, 7) is 6.29. The maximum absolute atomic E-state index is 13.1. The van der Waals surface area contributed by atoms with Crippen LogP contribution in [0.5, 0.6) is 5.75 Å². The van der Waals surface area contributed by atoms with Crippen molar-refractivity contribution in [2.45, 2.75) is 31.1 Å². The Balaban J connectivity index is 1.67. The molecule has 0 radical (unpaired) electrons. The van der Waals surface area contributed by atoms with Crippen molar-refractivity contribution in [3.63, 3.8) is 0 Å². The topological polar surface area (TPSA) is 104 Å². The van der Waals surface area contributed by atoms with Gasteiger partial charge < -0.3 is 4.74 Å². The largest absolute Gasteiger partial charge is 0.494 e. The van der Waals surface area contributed by atoms with Crippen LogP contribution in [0.2, 0.25) is 0 Å². The molecule has 4 rings (SSSR count). The number of hydrogen-bond acceptors (Lipinski definition) is 6. The van der Waals surface area contributed by atoms with Gasteiger partial charge in [-0.3, -0.25) is 9.40 Å². The summed E-state index contributed by atoms with van der Waals surface area (Å²) in [6.07, 6.45) is 6.66. The van der Waals surface area contributed by atoms with Crippen molar-refractivity contribution in [1.29, 1.82) is 0 Å². The highest BCUT2D eigenvalue weighted by Crippen LogP contribution is 2.34. The molecular formula is C21H24N6O3S. The van der Waals surface area contributed by atoms with E-state index in [1.807, 2.05) is 12.3 Å². The van der Waals surface area contributed by atoms with E-state index in [2.05, 4.69) is 40.7 Å². The third-order valence-electron chi connectivity index (χ3n) is 5.04. The average molecular weight is 441 g/mol. The molecule has 10 heteroatoms. The SMILES string of the molecule is COc1ccc2cnn(C)c2c1NS(=O)(=O)c1ccc(-n2cc(C(C)(C)C)cn2)nc1. The Hall–Kier alpha value is -3.40. The van der Waals surface area contributed by atoms with Crippen LogP contribution in [-0.4, -0.2) is 40.1 Å². The Morgan fingerprint density at radius 2 is 1.81 bits per heavy atom. The summed E-state index contributed by atoms with van der Waals surface area (Å²) in [5.41, 5.74) is 1.96. The molecule has 0 aliphatic carbocycles. The van der Waals surface area contributed by atoms with Crippen molar-refractivity contribution in [2.75, 3.05) is 11.8 Å². The van der Waals surface area contributed by atoms with Crippen LogP contribution in [0.1, 0.15) is 26.3 Å². The van der Waals surface area contributed by atoms with Gasteiger partial charge in [0.2, 0.25) is 0 Å². The lowest BCUT2D eigenvalue weighted by atomic mass is 9.90. The summed E-state index contributed by atoms with van der Waals surface area (Å²) in [4.78, 5) is 4.33. The van der Waals surface area contributed by atoms with Crippen LogP contribution in [0.4, 0.5) is 5.69 Å². The van der Waals surface area contributed by atoms with Crippen LogP contribution in [0.3, 0.4) is 0 Å². The monoisotopic (exact) mass is 440 g/mol. The summed E-state index contributed by atoms with van der Waals surface area (Å²) in [5.74, 6) is 0.927. The molecule has 0 unspecified atom stereocenters. The molecule has 1 N–H and O–H groups in total. The number of ether oxygens (including phenoxy) is 1. The quantitative estimate of drug-likeness (QED) is 0.511. The Kier molecular flexibility index (Phi) is 4.97. The van der Waals surface area contributed by atoms with Crippen LogP contribution >= 0.6 is 0 Å². The van der Waals surface area contributed by atoms with Crippen LogP contribution in [0, 0.1) is 0 Å². The number of benzene rings is 1. The predicted octanol–water partition coefficient (Wildman–Crippen LogP) is 3.26. The van der Waals surface area contributed by atoms with Crippen LogP contribution in [0.25, 0.3) is 16.7 Å². The van der Waals surface area contributed by atoms with E-state index in [1.54, 1.807) is 40.9 Å². The van der Waals surface area contributed by atoms with Gasteiger partial charge in [0.1, 0.15) is 16.3 Å². The average Bonchev–Trinajstić information content (AvgIpc) is 3.36. The molecule has 0 saturated heterocycles. The molecule has 0 atom stereocenters. The second kappa shape index (κ2) is 7.38. The number of rotatable bonds is 5. The van der Waals surface area contributed by atoms with E-state index in [0.29, 0.717) is 22.8 Å². The maximum atomic E-state index is 13.1. The third-order valence-corrected chi connectivity index (χ3v) is 6.37. The van der Waals surface area contributed by atoms with Gasteiger partial charge in [0, 0.05) is 24.8 Å². The fourth-order valence-corrected chi connectivity index (χ4v) is 4.24. The summed E-state index contributed by atoms with van der Waals surface area (Å²) >= 11 is 0. The van der Waals surface area contributed by atoms with Crippen molar-refractivity contribution in [3.8, 4) is 11.6 Å². The molecule has 1 aromatic carbocycles. The zero-order valence-electron chi connectivity index (χ0n) is 18.0. The lowest BCUT2D eigenvalue weighted by Crippen LogP contribution is -2.15. The number of aromatic nitrogens is 5. The normalized spacial score (nSPS) is 12.3. The predicted molar refractivity (Wildman–Crippen MR) is 118 cm³/mol. The molecule has 0 spiro atoms. The van der Waals surface area contributed by atoms with Crippen molar-refractivity contribution in [2.24, 2.45) is 7.05 Å². The number of sulfonamides is 1. The molecule has 0 bridgehead atoms. The highest BCUT2D eigenvalue weighted by molar-refractivity contribution is 7.92. The fraction of sp³-hybridized carbons (Fsp3) is 0.286. The Morgan fingerprint density at radius 3 is 2.42 bits per heavy atom. The number of anilines is 1. The fourth-order valence-electron chi connectivity index (χ4n) is 3.21. The molecule has 0 saturated carbocycles. The van der Waals surface area contributed by atoms with E-state index >= 15 is 0 Å². The van der Waals surface area contributed by atoms with Crippen LogP contribution in [0.15, 0.2) is 53.9 Å². The summed E-state index contributed by atoms with van der Waals surface area (Å²) in [5, 5.41) is 9.33. The first kappa shape index (κ1) is 20.9. The minimum absolute atomic E-state index is 0.0284. The van der Waals surface area contributed by atoms with E-state index in [9.17, 15) is 8.42 Å². The third kappa shape index (κ3) is 3.86. The molecule has 3 aromatic heterocycles. The maximum Gasteiger partial charge on any atom is 0.263 e. The van der Waals surface area contributed by atoms with Crippen molar-refractivity contribution in [1.82, 2.24) is 24.5 Å². The standard InChI is InChI=1S/C21H24N6O3S/c1-21(2,3)15-11-24-27(13-15)18-9-7-16(12-22-18)31(28,29)25-19-17(30-5)8-6-14-10-23-26(4)20(14)19/h6-13,25H,1-5H3. The molecule has 0 fully saturated rings. The van der Waals surface area contributed by atoms with Gasteiger partial charge >= 0.3 is 0 Å². The van der Waals surface area contributed by atoms with Gasteiger partial charge in [-0.1, -0.05) is 20.8 Å². The summed E-state index contributed by atoms with van der Waals surface area (Å²) < 4.78 is 37.4. The number of nitrogens with zero attached hydrogens (tertiary/aromatic N) is 5. The van der Waals surface area contributed by atoms with Gasteiger partial charge in [-0.2, -0.15) is 10.2 Å². The first-order valence-corrected chi connectivity index (χ1v) is 11.1. The van der Waals surface area contributed by atoms with Crippen LogP contribution in [-0.2, 0) is 22.5 Å². The Morgan fingerprint density at radius 1 is 1.03 bits per heavy atom. The van der Waals surface area contributed by atoms with Crippen LogP contribution < -0.4 is 9.46 Å². The van der Waals surface area contributed by atoms with Gasteiger partial charge in [0.25, 0.3) is 10.0 Å². The zero-order chi connectivity index (χ0) is 22.4. The van der Waals surface area contributed by atoms with Crippen molar-refractivity contribution >= 4 is 26.6 Å². The molecule has 0 amide bonds. The number of fused-ring (bicyclic) bond motifs is 1. The number of hydrogen-bond donors (Lipinski definition) is 1. The molecule has 9 nitrogen and oxygen atoms in total. The number of methoxy groups -OCH3 is 1. The first-order valence-electron chi connectivity index (χ1n) is 9.63. The van der Waals surface area contributed by atoms with Gasteiger partial charge in [0.05, 0.1) is 25.0 Å². The second-order valence-electron chi connectivity index (χ2n) is 8.23. The van der Waals surface area contributed by atoms with Crippen molar-refractivity contribution in [3.05, 3.63) is 54.6 Å². The van der Waals surface area contributed by atoms with Gasteiger partial charge in [0.15, 0.2) is 5.82 Å². The smallest absolute Gasteiger partial charge is 0.263 e. The highest BCUT2D eigenvalue weighted by Gasteiger charge is 2.21. The van der Waals surface area contributed by atoms with Gasteiger partial charge in [-0.15, -0.1) is 0 Å². The minimum Gasteiger partial charge on any atom is -0.494 e. The molecule has 0 aliphatic rings. The van der Waals surface area contributed by atoms with E-state index < -0.39 is 10.0 Å². The molecular weight excluding hydrogens is 416 g/mol. The Bertz CT molecular complexity index is 1350.